The summed E-state index contributed by atoms with van der Waals surface area (Å²) in [7, 11) is 4.17. The number of allylic oxidation sites excluding steroid dienone is 1. The Labute approximate surface area is 222 Å². The van der Waals surface area contributed by atoms with Crippen molar-refractivity contribution < 1.29 is 10.0 Å². The van der Waals surface area contributed by atoms with Gasteiger partial charge in [0.1, 0.15) is 0 Å². The number of para-hydroxylation sites is 2. The number of benzene rings is 4. The molecular weight excluding hydrogens is 482 g/mol. The van der Waals surface area contributed by atoms with Crippen LogP contribution in [-0.2, 0) is 14.1 Å². The van der Waals surface area contributed by atoms with E-state index in [1.165, 1.54) is 38.3 Å². The zero-order valence-corrected chi connectivity index (χ0v) is 22.3. The van der Waals surface area contributed by atoms with Crippen LogP contribution in [0.1, 0.15) is 29.8 Å². The topological polar surface area (TPSA) is 73.2 Å². The molecule has 0 spiro atoms. The van der Waals surface area contributed by atoms with Crippen LogP contribution in [0, 0.1) is 0 Å². The zero-order chi connectivity index (χ0) is 26.0. The van der Waals surface area contributed by atoms with Crippen molar-refractivity contribution in [2.24, 2.45) is 20.0 Å². The number of aromatic nitrogens is 2. The fourth-order valence-corrected chi connectivity index (χ4v) is 4.82. The molecule has 0 atom stereocenters. The third-order valence-corrected chi connectivity index (χ3v) is 6.73. The van der Waals surface area contributed by atoms with Gasteiger partial charge in [-0.2, -0.15) is 0 Å². The molecule has 0 saturated heterocycles. The van der Waals surface area contributed by atoms with Crippen LogP contribution in [0.2, 0.25) is 0 Å². The summed E-state index contributed by atoms with van der Waals surface area (Å²) in [6.45, 7) is 7.66. The number of hydrogen-bond donors (Lipinski definition) is 2. The van der Waals surface area contributed by atoms with Crippen molar-refractivity contribution in [3.05, 3.63) is 103 Å². The third-order valence-electron chi connectivity index (χ3n) is 6.73. The van der Waals surface area contributed by atoms with Gasteiger partial charge in [-0.15, -0.1) is 12.4 Å². The minimum absolute atomic E-state index is 0. The van der Waals surface area contributed by atoms with Gasteiger partial charge in [-0.05, 0) is 61.9 Å². The SMILES string of the molecule is C=C(C)c1ccc2c(c1)c1ccccc1n2C.CC(=O)c1ccc2c(c1)c1ccccc1n2C.Cl.NO. The van der Waals surface area contributed by atoms with Crippen molar-refractivity contribution in [3.8, 4) is 0 Å². The molecule has 0 unspecified atom stereocenters. The van der Waals surface area contributed by atoms with Crippen LogP contribution in [0.4, 0.5) is 0 Å². The average molecular weight is 514 g/mol. The first-order valence-electron chi connectivity index (χ1n) is 11.7. The first-order chi connectivity index (χ1) is 17.4. The molecular formula is C31H32ClN3O2. The fraction of sp³-hybridized carbons (Fsp3) is 0.129. The Hall–Kier alpha value is -3.90. The predicted octanol–water partition coefficient (Wildman–Crippen LogP) is 7.65. The quantitative estimate of drug-likeness (QED) is 0.184. The first-order valence-corrected chi connectivity index (χ1v) is 11.7. The van der Waals surface area contributed by atoms with Crippen molar-refractivity contribution in [2.75, 3.05) is 0 Å². The summed E-state index contributed by atoms with van der Waals surface area (Å²) in [6.07, 6.45) is 0. The highest BCUT2D eigenvalue weighted by Gasteiger charge is 2.10. The Balaban J connectivity index is 0.000000188. The van der Waals surface area contributed by atoms with Gasteiger partial charge in [0.15, 0.2) is 5.78 Å². The van der Waals surface area contributed by atoms with Gasteiger partial charge >= 0.3 is 0 Å². The molecule has 5 nitrogen and oxygen atoms in total. The number of ketones is 1. The fourth-order valence-electron chi connectivity index (χ4n) is 4.82. The summed E-state index contributed by atoms with van der Waals surface area (Å²) in [5, 5.41) is 11.5. The normalized spacial score (nSPS) is 10.4. The Morgan fingerprint density at radius 1 is 0.649 bits per heavy atom. The number of Topliss-reactive ketones (excluding diaryl/α,β-unsaturated/α-hetero) is 1. The van der Waals surface area contributed by atoms with Crippen molar-refractivity contribution in [3.63, 3.8) is 0 Å². The molecule has 37 heavy (non-hydrogen) atoms. The molecule has 0 aliphatic carbocycles. The molecule has 0 aliphatic heterocycles. The number of halogens is 1. The van der Waals surface area contributed by atoms with Crippen molar-refractivity contribution in [1.29, 1.82) is 0 Å². The number of hydrogen-bond acceptors (Lipinski definition) is 3. The smallest absolute Gasteiger partial charge is 0.159 e. The van der Waals surface area contributed by atoms with Crippen LogP contribution in [0.5, 0.6) is 0 Å². The average Bonchev–Trinajstić information content (AvgIpc) is 3.36. The summed E-state index contributed by atoms with van der Waals surface area (Å²) in [5.74, 6) is 3.61. The predicted molar refractivity (Wildman–Crippen MR) is 159 cm³/mol. The molecule has 4 aromatic carbocycles. The van der Waals surface area contributed by atoms with E-state index in [0.29, 0.717) is 0 Å². The second kappa shape index (κ2) is 11.4. The van der Waals surface area contributed by atoms with Gasteiger partial charge in [-0.3, -0.25) is 4.79 Å². The molecule has 0 radical (unpaired) electrons. The van der Waals surface area contributed by atoms with Gasteiger partial charge in [0, 0.05) is 63.3 Å². The molecule has 6 heteroatoms. The maximum Gasteiger partial charge on any atom is 0.159 e. The minimum atomic E-state index is 0. The first kappa shape index (κ1) is 27.7. The van der Waals surface area contributed by atoms with E-state index >= 15 is 0 Å². The van der Waals surface area contributed by atoms with E-state index in [4.69, 9.17) is 5.21 Å². The van der Waals surface area contributed by atoms with Crippen LogP contribution in [0.15, 0.2) is 91.5 Å². The molecule has 0 saturated carbocycles. The van der Waals surface area contributed by atoms with Gasteiger partial charge in [0.05, 0.1) is 0 Å². The maximum absolute atomic E-state index is 11.4. The van der Waals surface area contributed by atoms with Gasteiger partial charge < -0.3 is 14.3 Å². The number of carbonyl (C=O) groups is 1. The van der Waals surface area contributed by atoms with Crippen molar-refractivity contribution in [1.82, 2.24) is 9.13 Å². The lowest BCUT2D eigenvalue weighted by atomic mass is 10.1. The van der Waals surface area contributed by atoms with Gasteiger partial charge in [0.2, 0.25) is 0 Å². The van der Waals surface area contributed by atoms with Gasteiger partial charge in [-0.25, -0.2) is 5.90 Å². The molecule has 2 aromatic heterocycles. The zero-order valence-electron chi connectivity index (χ0n) is 21.5. The van der Waals surface area contributed by atoms with Crippen LogP contribution in [-0.4, -0.2) is 20.1 Å². The number of nitrogens with two attached hydrogens (primary N) is 1. The van der Waals surface area contributed by atoms with Crippen LogP contribution < -0.4 is 5.90 Å². The summed E-state index contributed by atoms with van der Waals surface area (Å²) < 4.78 is 4.40. The molecule has 190 valence electrons. The van der Waals surface area contributed by atoms with Crippen LogP contribution in [0.3, 0.4) is 0 Å². The number of rotatable bonds is 2. The Morgan fingerprint density at radius 3 is 1.46 bits per heavy atom. The Kier molecular flexibility index (Phi) is 8.56. The molecule has 6 aromatic rings. The van der Waals surface area contributed by atoms with Gasteiger partial charge in [0.25, 0.3) is 0 Å². The molecule has 3 N–H and O–H groups in total. The second-order valence-corrected chi connectivity index (χ2v) is 8.95. The number of nitrogens with zero attached hydrogens (tertiary/aromatic N) is 2. The lowest BCUT2D eigenvalue weighted by Gasteiger charge is -2.01. The number of fused-ring (bicyclic) bond motifs is 6. The lowest BCUT2D eigenvalue weighted by molar-refractivity contribution is 0.101. The molecule has 6 rings (SSSR count). The highest BCUT2D eigenvalue weighted by atomic mass is 35.5. The molecule has 0 aliphatic rings. The standard InChI is InChI=1S/C16H15N.C15H13NO.ClH.H3NO/c1-11(2)12-8-9-16-14(10-12)13-6-4-5-7-15(13)17(16)3;1-10(17)11-7-8-15-13(9-11)12-5-3-4-6-14(12)16(15)2;;1-2/h4-10H,1H2,2-3H3;3-9H,1-2H3;1H;2H,1H2. The highest BCUT2D eigenvalue weighted by Crippen LogP contribution is 2.30. The molecule has 0 amide bonds. The second-order valence-electron chi connectivity index (χ2n) is 8.95. The van der Waals surface area contributed by atoms with Crippen LogP contribution >= 0.6 is 12.4 Å². The minimum Gasteiger partial charge on any atom is -0.344 e. The largest absolute Gasteiger partial charge is 0.344 e. The monoisotopic (exact) mass is 513 g/mol. The molecule has 2 heterocycles. The highest BCUT2D eigenvalue weighted by molar-refractivity contribution is 6.11. The van der Waals surface area contributed by atoms with Gasteiger partial charge in [-0.1, -0.05) is 54.6 Å². The van der Waals surface area contributed by atoms with E-state index in [1.54, 1.807) is 6.92 Å². The van der Waals surface area contributed by atoms with Crippen molar-refractivity contribution in [2.45, 2.75) is 13.8 Å². The molecule has 0 bridgehead atoms. The summed E-state index contributed by atoms with van der Waals surface area (Å²) in [4.78, 5) is 11.4. The number of carbonyl (C=O) groups excluding carboxylic acids is 1. The van der Waals surface area contributed by atoms with Crippen LogP contribution in [0.25, 0.3) is 49.2 Å². The Morgan fingerprint density at radius 2 is 1.03 bits per heavy atom. The van der Waals surface area contributed by atoms with E-state index in [9.17, 15) is 4.79 Å². The third kappa shape index (κ3) is 5.02. The lowest BCUT2D eigenvalue weighted by Crippen LogP contribution is -1.91. The Bertz CT molecular complexity index is 1610. The number of aryl methyl sites for hydroxylation is 2. The molecule has 0 fully saturated rings. The van der Waals surface area contributed by atoms with E-state index < -0.39 is 0 Å². The van der Waals surface area contributed by atoms with Crippen molar-refractivity contribution >= 4 is 67.4 Å². The summed E-state index contributed by atoms with van der Waals surface area (Å²) in [6, 6.07) is 29.2. The summed E-state index contributed by atoms with van der Waals surface area (Å²) in [5.41, 5.74) is 8.01. The maximum atomic E-state index is 11.4. The van der Waals surface area contributed by atoms with E-state index in [0.717, 1.165) is 22.0 Å². The van der Waals surface area contributed by atoms with E-state index in [1.807, 2.05) is 37.3 Å². The van der Waals surface area contributed by atoms with E-state index in [-0.39, 0.29) is 18.2 Å². The van der Waals surface area contributed by atoms with E-state index in [2.05, 4.69) is 90.3 Å². The summed E-state index contributed by atoms with van der Waals surface area (Å²) >= 11 is 0.